The Kier molecular flexibility index (Phi) is 4.82. The van der Waals surface area contributed by atoms with Gasteiger partial charge in [-0.1, -0.05) is 28.4 Å². The lowest BCUT2D eigenvalue weighted by Crippen LogP contribution is -2.35. The van der Waals surface area contributed by atoms with Crippen LogP contribution in [0.25, 0.3) is 0 Å². The number of carbonyl (C=O) groups is 1. The van der Waals surface area contributed by atoms with Gasteiger partial charge in [0, 0.05) is 22.6 Å². The number of carbonyl (C=O) groups excluding carboxylic acids is 1. The van der Waals surface area contributed by atoms with Crippen LogP contribution in [0.3, 0.4) is 0 Å². The summed E-state index contributed by atoms with van der Waals surface area (Å²) in [5, 5.41) is 15.3. The Balaban J connectivity index is 1.85. The summed E-state index contributed by atoms with van der Waals surface area (Å²) in [5.74, 6) is 0.189. The molecule has 1 saturated carbocycles. The van der Waals surface area contributed by atoms with Crippen LogP contribution in [0.4, 0.5) is 10.5 Å². The van der Waals surface area contributed by atoms with Gasteiger partial charge in [0.05, 0.1) is 6.10 Å². The van der Waals surface area contributed by atoms with Crippen LogP contribution in [0.15, 0.2) is 22.7 Å². The number of nitrogens with one attached hydrogen (secondary N) is 2. The Hall–Kier alpha value is -1.07. The Labute approximate surface area is 121 Å². The Bertz CT molecular complexity index is 465. The fraction of sp³-hybridized carbons (Fsp3) is 0.500. The Morgan fingerprint density at radius 2 is 2.26 bits per heavy atom. The zero-order valence-electron chi connectivity index (χ0n) is 10.9. The van der Waals surface area contributed by atoms with E-state index in [1.807, 2.05) is 25.1 Å². The fourth-order valence-corrected chi connectivity index (χ4v) is 2.74. The predicted octanol–water partition coefficient (Wildman–Crippen LogP) is 3.04. The van der Waals surface area contributed by atoms with Gasteiger partial charge >= 0.3 is 6.03 Å². The monoisotopic (exact) mass is 326 g/mol. The van der Waals surface area contributed by atoms with Crippen molar-refractivity contribution in [3.05, 3.63) is 28.2 Å². The van der Waals surface area contributed by atoms with Gasteiger partial charge in [0.1, 0.15) is 0 Å². The van der Waals surface area contributed by atoms with Gasteiger partial charge in [0.25, 0.3) is 0 Å². The molecular formula is C14H19BrN2O2. The van der Waals surface area contributed by atoms with Crippen LogP contribution in [0, 0.1) is 12.8 Å². The van der Waals surface area contributed by atoms with Gasteiger partial charge in [-0.15, -0.1) is 0 Å². The van der Waals surface area contributed by atoms with Gasteiger partial charge in [-0.2, -0.15) is 0 Å². The molecule has 4 nitrogen and oxygen atoms in total. The second-order valence-corrected chi connectivity index (χ2v) is 5.97. The summed E-state index contributed by atoms with van der Waals surface area (Å²) in [6, 6.07) is 5.54. The van der Waals surface area contributed by atoms with E-state index < -0.39 is 0 Å². The molecule has 0 bridgehead atoms. The molecule has 1 aliphatic carbocycles. The number of hydrogen-bond acceptors (Lipinski definition) is 2. The molecule has 1 aromatic carbocycles. The molecule has 1 aliphatic rings. The van der Waals surface area contributed by atoms with Crippen molar-refractivity contribution in [3.8, 4) is 0 Å². The van der Waals surface area contributed by atoms with Crippen molar-refractivity contribution in [3.63, 3.8) is 0 Å². The molecule has 0 radical (unpaired) electrons. The maximum Gasteiger partial charge on any atom is 0.319 e. The molecule has 2 rings (SSSR count). The van der Waals surface area contributed by atoms with Crippen LogP contribution < -0.4 is 10.6 Å². The molecule has 2 amide bonds. The molecule has 2 atom stereocenters. The van der Waals surface area contributed by atoms with Crippen LogP contribution >= 0.6 is 15.9 Å². The van der Waals surface area contributed by atoms with Crippen molar-refractivity contribution in [2.24, 2.45) is 5.92 Å². The second kappa shape index (κ2) is 6.39. The van der Waals surface area contributed by atoms with E-state index in [1.165, 1.54) is 0 Å². The highest BCUT2D eigenvalue weighted by Gasteiger charge is 2.25. The molecule has 0 saturated heterocycles. The number of aliphatic hydroxyl groups excluding tert-OH is 1. The molecule has 3 N–H and O–H groups in total. The van der Waals surface area contributed by atoms with Crippen LogP contribution in [-0.4, -0.2) is 23.8 Å². The van der Waals surface area contributed by atoms with E-state index in [0.717, 1.165) is 35.0 Å². The number of aliphatic hydroxyl groups is 1. The van der Waals surface area contributed by atoms with Crippen LogP contribution in [0.5, 0.6) is 0 Å². The average Bonchev–Trinajstić information content (AvgIpc) is 2.77. The van der Waals surface area contributed by atoms with Crippen LogP contribution in [0.2, 0.25) is 0 Å². The zero-order chi connectivity index (χ0) is 13.8. The summed E-state index contributed by atoms with van der Waals surface area (Å²) >= 11 is 3.38. The molecular weight excluding hydrogens is 308 g/mol. The molecule has 0 unspecified atom stereocenters. The first-order valence-corrected chi connectivity index (χ1v) is 7.34. The molecule has 0 heterocycles. The third kappa shape index (κ3) is 3.94. The SMILES string of the molecule is Cc1ccc(Br)cc1NC(=O)NC[C@H]1CCC[C@@H]1O. The number of rotatable bonds is 3. The van der Waals surface area contributed by atoms with Crippen LogP contribution in [0.1, 0.15) is 24.8 Å². The molecule has 0 spiro atoms. The minimum Gasteiger partial charge on any atom is -0.393 e. The molecule has 0 aliphatic heterocycles. The number of anilines is 1. The summed E-state index contributed by atoms with van der Waals surface area (Å²) < 4.78 is 0.930. The summed E-state index contributed by atoms with van der Waals surface area (Å²) in [4.78, 5) is 11.8. The third-order valence-corrected chi connectivity index (χ3v) is 4.08. The Morgan fingerprint density at radius 3 is 2.95 bits per heavy atom. The third-order valence-electron chi connectivity index (χ3n) is 3.59. The summed E-state index contributed by atoms with van der Waals surface area (Å²) in [6.07, 6.45) is 2.60. The first-order chi connectivity index (χ1) is 9.06. The molecule has 0 aromatic heterocycles. The quantitative estimate of drug-likeness (QED) is 0.799. The van der Waals surface area contributed by atoms with Gasteiger partial charge in [-0.3, -0.25) is 0 Å². The fourth-order valence-electron chi connectivity index (χ4n) is 2.37. The number of amides is 2. The number of halogens is 1. The number of hydrogen-bond donors (Lipinski definition) is 3. The molecule has 5 heteroatoms. The Morgan fingerprint density at radius 1 is 1.47 bits per heavy atom. The van der Waals surface area contributed by atoms with Gasteiger partial charge < -0.3 is 15.7 Å². The highest BCUT2D eigenvalue weighted by Crippen LogP contribution is 2.25. The predicted molar refractivity (Wildman–Crippen MR) is 79.2 cm³/mol. The second-order valence-electron chi connectivity index (χ2n) is 5.05. The maximum absolute atomic E-state index is 11.8. The number of benzene rings is 1. The van der Waals surface area contributed by atoms with Gasteiger partial charge in [0.15, 0.2) is 0 Å². The highest BCUT2D eigenvalue weighted by molar-refractivity contribution is 9.10. The first-order valence-electron chi connectivity index (χ1n) is 6.55. The minimum atomic E-state index is -0.270. The lowest BCUT2D eigenvalue weighted by molar-refractivity contribution is 0.133. The normalized spacial score (nSPS) is 22.3. The average molecular weight is 327 g/mol. The van der Waals surface area contributed by atoms with E-state index in [2.05, 4.69) is 26.6 Å². The lowest BCUT2D eigenvalue weighted by Gasteiger charge is -2.16. The number of urea groups is 1. The standard InChI is InChI=1S/C14H19BrN2O2/c1-9-5-6-11(15)7-12(9)17-14(19)16-8-10-3-2-4-13(10)18/h5-7,10,13,18H,2-4,8H2,1H3,(H2,16,17,19)/t10-,13+/m1/s1. The van der Waals surface area contributed by atoms with E-state index >= 15 is 0 Å². The van der Waals surface area contributed by atoms with E-state index in [-0.39, 0.29) is 18.1 Å². The van der Waals surface area contributed by atoms with E-state index in [1.54, 1.807) is 0 Å². The van der Waals surface area contributed by atoms with Crippen molar-refractivity contribution in [2.45, 2.75) is 32.3 Å². The molecule has 1 fully saturated rings. The van der Waals surface area contributed by atoms with E-state index in [9.17, 15) is 9.90 Å². The zero-order valence-corrected chi connectivity index (χ0v) is 12.5. The smallest absolute Gasteiger partial charge is 0.319 e. The minimum absolute atomic E-state index is 0.189. The lowest BCUT2D eigenvalue weighted by atomic mass is 10.1. The maximum atomic E-state index is 11.8. The number of aryl methyl sites for hydroxylation is 1. The van der Waals surface area contributed by atoms with E-state index in [4.69, 9.17) is 0 Å². The molecule has 104 valence electrons. The van der Waals surface area contributed by atoms with Crippen LogP contribution in [-0.2, 0) is 0 Å². The molecule has 19 heavy (non-hydrogen) atoms. The van der Waals surface area contributed by atoms with Gasteiger partial charge in [-0.25, -0.2) is 4.79 Å². The van der Waals surface area contributed by atoms with Crippen molar-refractivity contribution >= 4 is 27.6 Å². The van der Waals surface area contributed by atoms with Crippen molar-refractivity contribution in [1.82, 2.24) is 5.32 Å². The summed E-state index contributed by atoms with van der Waals surface area (Å²) in [7, 11) is 0. The van der Waals surface area contributed by atoms with Crippen molar-refractivity contribution in [2.75, 3.05) is 11.9 Å². The molecule has 1 aromatic rings. The van der Waals surface area contributed by atoms with Gasteiger partial charge in [-0.05, 0) is 37.5 Å². The van der Waals surface area contributed by atoms with E-state index in [0.29, 0.717) is 6.54 Å². The topological polar surface area (TPSA) is 61.4 Å². The first kappa shape index (κ1) is 14.3. The summed E-state index contributed by atoms with van der Waals surface area (Å²) in [5.41, 5.74) is 1.80. The van der Waals surface area contributed by atoms with Crippen molar-refractivity contribution < 1.29 is 9.90 Å². The van der Waals surface area contributed by atoms with Gasteiger partial charge in [0.2, 0.25) is 0 Å². The highest BCUT2D eigenvalue weighted by atomic mass is 79.9. The largest absolute Gasteiger partial charge is 0.393 e. The summed E-state index contributed by atoms with van der Waals surface area (Å²) in [6.45, 7) is 2.48. The van der Waals surface area contributed by atoms with Crippen molar-refractivity contribution in [1.29, 1.82) is 0 Å².